The van der Waals surface area contributed by atoms with Gasteiger partial charge in [-0.25, -0.2) is 9.97 Å². The summed E-state index contributed by atoms with van der Waals surface area (Å²) in [6.07, 6.45) is -3.27. The van der Waals surface area contributed by atoms with Gasteiger partial charge in [-0.05, 0) is 26.7 Å². The number of aromatic nitrogens is 2. The van der Waals surface area contributed by atoms with Crippen molar-refractivity contribution in [3.05, 3.63) is 11.9 Å². The maximum absolute atomic E-state index is 12.9. The smallest absolute Gasteiger partial charge is 0.388 e. The van der Waals surface area contributed by atoms with Crippen LogP contribution in [0.15, 0.2) is 6.07 Å². The molecule has 118 valence electrons. The lowest BCUT2D eigenvalue weighted by Gasteiger charge is -2.37. The summed E-state index contributed by atoms with van der Waals surface area (Å²) in [5, 5.41) is 12.9. The van der Waals surface area contributed by atoms with Gasteiger partial charge >= 0.3 is 6.18 Å². The number of nitrogens with one attached hydrogen (secondary N) is 1. The monoisotopic (exact) mass is 304 g/mol. The number of piperidine rings is 1. The van der Waals surface area contributed by atoms with Crippen LogP contribution in [0.4, 0.5) is 24.8 Å². The second-order valence-corrected chi connectivity index (χ2v) is 5.49. The lowest BCUT2D eigenvalue weighted by molar-refractivity contribution is -0.144. The molecule has 8 heteroatoms. The van der Waals surface area contributed by atoms with Crippen molar-refractivity contribution < 1.29 is 18.3 Å². The Kier molecular flexibility index (Phi) is 4.27. The molecule has 21 heavy (non-hydrogen) atoms. The number of aliphatic hydroxyl groups is 1. The molecule has 0 spiro atoms. The lowest BCUT2D eigenvalue weighted by atomic mass is 9.95. The zero-order valence-electron chi connectivity index (χ0n) is 12.0. The molecule has 0 radical (unpaired) electrons. The van der Waals surface area contributed by atoms with Gasteiger partial charge in [0.2, 0.25) is 5.82 Å². The standard InChI is InChI=1S/C13H19F3N4O/c1-3-17-9-7-10(19-11(18-9)13(14,15)16)20-6-4-5-12(2,21)8-20/h7,21H,3-6,8H2,1-2H3,(H,17,18,19). The number of halogens is 3. The number of hydrogen-bond acceptors (Lipinski definition) is 5. The van der Waals surface area contributed by atoms with E-state index in [2.05, 4.69) is 15.3 Å². The van der Waals surface area contributed by atoms with Gasteiger partial charge in [0, 0.05) is 25.7 Å². The van der Waals surface area contributed by atoms with Crippen molar-refractivity contribution >= 4 is 11.6 Å². The molecule has 1 aromatic rings. The molecule has 1 aliphatic heterocycles. The SMILES string of the molecule is CCNc1cc(N2CCCC(C)(O)C2)nc(C(F)(F)F)n1. The second-order valence-electron chi connectivity index (χ2n) is 5.49. The summed E-state index contributed by atoms with van der Waals surface area (Å²) >= 11 is 0. The minimum absolute atomic E-state index is 0.139. The summed E-state index contributed by atoms with van der Waals surface area (Å²) in [5.41, 5.74) is -0.917. The fourth-order valence-electron chi connectivity index (χ4n) is 2.41. The highest BCUT2D eigenvalue weighted by atomic mass is 19.4. The molecule has 1 aliphatic rings. The number of rotatable bonds is 3. The molecule has 0 amide bonds. The molecule has 1 atom stereocenters. The van der Waals surface area contributed by atoms with E-state index in [0.29, 0.717) is 25.9 Å². The topological polar surface area (TPSA) is 61.3 Å². The van der Waals surface area contributed by atoms with Crippen LogP contribution in [0.2, 0.25) is 0 Å². The summed E-state index contributed by atoms with van der Waals surface area (Å²) in [7, 11) is 0. The first-order chi connectivity index (χ1) is 9.71. The Balaban J connectivity index is 2.35. The molecule has 5 nitrogen and oxygen atoms in total. The predicted octanol–water partition coefficient (Wildman–Crippen LogP) is 2.28. The van der Waals surface area contributed by atoms with Gasteiger partial charge in [0.05, 0.1) is 5.60 Å². The van der Waals surface area contributed by atoms with Crippen molar-refractivity contribution in [1.29, 1.82) is 0 Å². The first kappa shape index (κ1) is 15.8. The molecule has 2 heterocycles. The van der Waals surface area contributed by atoms with Gasteiger partial charge in [-0.15, -0.1) is 0 Å². The second kappa shape index (κ2) is 5.67. The molecule has 2 rings (SSSR count). The van der Waals surface area contributed by atoms with Crippen molar-refractivity contribution in [2.24, 2.45) is 0 Å². The molecule has 0 saturated carbocycles. The molecule has 1 fully saturated rings. The van der Waals surface area contributed by atoms with Gasteiger partial charge in [0.25, 0.3) is 0 Å². The summed E-state index contributed by atoms with van der Waals surface area (Å²) in [6.45, 7) is 4.74. The maximum Gasteiger partial charge on any atom is 0.451 e. The third kappa shape index (κ3) is 3.96. The molecule has 2 N–H and O–H groups in total. The Hall–Kier alpha value is -1.57. The van der Waals surface area contributed by atoms with Gasteiger partial charge in [0.1, 0.15) is 11.6 Å². The van der Waals surface area contributed by atoms with Crippen LogP contribution >= 0.6 is 0 Å². The average Bonchev–Trinajstić information content (AvgIpc) is 2.36. The molecule has 0 aromatic carbocycles. The number of β-amino-alcohol motifs (C(OH)–C–C–N with tert-alkyl or cyclic N) is 1. The fraction of sp³-hybridized carbons (Fsp3) is 0.692. The summed E-state index contributed by atoms with van der Waals surface area (Å²) in [6, 6.07) is 1.49. The Morgan fingerprint density at radius 1 is 1.43 bits per heavy atom. The minimum atomic E-state index is -4.60. The quantitative estimate of drug-likeness (QED) is 0.897. The van der Waals surface area contributed by atoms with Gasteiger partial charge in [-0.3, -0.25) is 0 Å². The molecule has 1 unspecified atom stereocenters. The van der Waals surface area contributed by atoms with Crippen LogP contribution in [0.25, 0.3) is 0 Å². The maximum atomic E-state index is 12.9. The van der Waals surface area contributed by atoms with Crippen molar-refractivity contribution in [2.45, 2.75) is 38.5 Å². The van der Waals surface area contributed by atoms with Crippen LogP contribution in [-0.2, 0) is 6.18 Å². The number of alkyl halides is 3. The van der Waals surface area contributed by atoms with Gasteiger partial charge in [0.15, 0.2) is 0 Å². The lowest BCUT2D eigenvalue weighted by Crippen LogP contribution is -2.46. The van der Waals surface area contributed by atoms with E-state index in [1.165, 1.54) is 6.07 Å². The number of hydrogen-bond donors (Lipinski definition) is 2. The number of nitrogens with zero attached hydrogens (tertiary/aromatic N) is 3. The first-order valence-electron chi connectivity index (χ1n) is 6.89. The van der Waals surface area contributed by atoms with Crippen LogP contribution in [0.3, 0.4) is 0 Å². The van der Waals surface area contributed by atoms with Crippen molar-refractivity contribution in [3.63, 3.8) is 0 Å². The van der Waals surface area contributed by atoms with Crippen LogP contribution in [0, 0.1) is 0 Å². The zero-order valence-corrected chi connectivity index (χ0v) is 12.0. The zero-order chi connectivity index (χ0) is 15.7. The summed E-state index contributed by atoms with van der Waals surface area (Å²) in [5.74, 6) is -0.838. The van der Waals surface area contributed by atoms with Crippen LogP contribution in [0.1, 0.15) is 32.5 Å². The largest absolute Gasteiger partial charge is 0.451 e. The Morgan fingerprint density at radius 2 is 2.14 bits per heavy atom. The van der Waals surface area contributed by atoms with Crippen LogP contribution in [0.5, 0.6) is 0 Å². The highest BCUT2D eigenvalue weighted by molar-refractivity contribution is 5.50. The third-order valence-electron chi connectivity index (χ3n) is 3.32. The van der Waals surface area contributed by atoms with E-state index in [0.717, 1.165) is 0 Å². The normalized spacial score (nSPS) is 23.2. The van der Waals surface area contributed by atoms with Gasteiger partial charge in [-0.1, -0.05) is 0 Å². The van der Waals surface area contributed by atoms with E-state index < -0.39 is 17.6 Å². The molecule has 1 aromatic heterocycles. The fourth-order valence-corrected chi connectivity index (χ4v) is 2.41. The van der Waals surface area contributed by atoms with E-state index in [1.807, 2.05) is 0 Å². The first-order valence-corrected chi connectivity index (χ1v) is 6.89. The van der Waals surface area contributed by atoms with E-state index in [9.17, 15) is 18.3 Å². The predicted molar refractivity (Wildman–Crippen MR) is 73.3 cm³/mol. The van der Waals surface area contributed by atoms with Crippen molar-refractivity contribution in [3.8, 4) is 0 Å². The average molecular weight is 304 g/mol. The van der Waals surface area contributed by atoms with E-state index in [1.54, 1.807) is 18.7 Å². The van der Waals surface area contributed by atoms with Crippen molar-refractivity contribution in [1.82, 2.24) is 9.97 Å². The molecule has 0 bridgehead atoms. The Bertz CT molecular complexity index is 505. The highest BCUT2D eigenvalue weighted by Gasteiger charge is 2.37. The van der Waals surface area contributed by atoms with E-state index in [4.69, 9.17) is 0 Å². The van der Waals surface area contributed by atoms with Gasteiger partial charge in [-0.2, -0.15) is 13.2 Å². The highest BCUT2D eigenvalue weighted by Crippen LogP contribution is 2.31. The Labute approximate surface area is 121 Å². The minimum Gasteiger partial charge on any atom is -0.388 e. The summed E-state index contributed by atoms with van der Waals surface area (Å²) < 4.78 is 38.7. The van der Waals surface area contributed by atoms with E-state index in [-0.39, 0.29) is 18.2 Å². The number of anilines is 2. The van der Waals surface area contributed by atoms with Gasteiger partial charge < -0.3 is 15.3 Å². The van der Waals surface area contributed by atoms with Crippen molar-refractivity contribution in [2.75, 3.05) is 29.9 Å². The molecular formula is C13H19F3N4O. The molecular weight excluding hydrogens is 285 g/mol. The Morgan fingerprint density at radius 3 is 2.71 bits per heavy atom. The molecule has 1 saturated heterocycles. The molecule has 0 aliphatic carbocycles. The third-order valence-corrected chi connectivity index (χ3v) is 3.32. The van der Waals surface area contributed by atoms with Crippen LogP contribution in [-0.4, -0.2) is 40.3 Å². The summed E-state index contributed by atoms with van der Waals surface area (Å²) in [4.78, 5) is 8.77. The van der Waals surface area contributed by atoms with Crippen LogP contribution < -0.4 is 10.2 Å². The van der Waals surface area contributed by atoms with E-state index >= 15 is 0 Å².